The van der Waals surface area contributed by atoms with Crippen molar-refractivity contribution >= 4 is 29.2 Å². The van der Waals surface area contributed by atoms with Gasteiger partial charge in [0.15, 0.2) is 10.8 Å². The van der Waals surface area contributed by atoms with E-state index in [1.165, 1.54) is 28.4 Å². The number of aromatic nitrogens is 1. The third-order valence-electron chi connectivity index (χ3n) is 10.2. The first-order valence-electron chi connectivity index (χ1n) is 17.1. The minimum Gasteiger partial charge on any atom is -0.463 e. The fourth-order valence-corrected chi connectivity index (χ4v) is 8.42. The van der Waals surface area contributed by atoms with Gasteiger partial charge < -0.3 is 14.8 Å². The minimum absolute atomic E-state index is 0.0167. The Balaban J connectivity index is 1.07. The van der Waals surface area contributed by atoms with Crippen LogP contribution in [0.4, 0.5) is 18.0 Å². The van der Waals surface area contributed by atoms with Gasteiger partial charge in [0.2, 0.25) is 0 Å². The number of amidine groups is 1. The number of hydrazine groups is 1. The average Bonchev–Trinajstić information content (AvgIpc) is 3.93. The van der Waals surface area contributed by atoms with E-state index >= 15 is 8.78 Å². The molecule has 1 unspecified atom stereocenters. The summed E-state index contributed by atoms with van der Waals surface area (Å²) in [6, 6.07) is 17.0. The first kappa shape index (κ1) is 34.1. The second-order valence-electron chi connectivity index (χ2n) is 13.1. The van der Waals surface area contributed by atoms with E-state index in [4.69, 9.17) is 14.5 Å². The molecule has 3 aliphatic heterocycles. The fourth-order valence-electron chi connectivity index (χ4n) is 7.84. The molecule has 4 heterocycles. The molecule has 1 aromatic heterocycles. The number of aliphatic imine (C=N–C) groups is 1. The minimum atomic E-state index is -3.33. The van der Waals surface area contributed by atoms with E-state index in [1.807, 2.05) is 48.5 Å². The summed E-state index contributed by atoms with van der Waals surface area (Å²) in [7, 11) is 0. The number of esters is 1. The van der Waals surface area contributed by atoms with Crippen LogP contribution in [0.2, 0.25) is 0 Å². The standard InChI is InChI=1S/C38H35F3N6O4S/c1-3-50-36(48)31-29(44-34(35-42-15-16-52-35)45-32(31)22-13-8-14-28(39)21(22)2)18-46-20-38(40,41)33-30(46)17-43-47(33)37(49)51-19-27-25-11-6-4-9-23(25)24-10-5-7-12-26(24)27/h4-16,27,30,32-33,43H,3,17-20H2,1-2H3,(H,44,45)/t30?,32-,33+/m0/s1. The molecule has 0 saturated carbocycles. The Kier molecular flexibility index (Phi) is 8.84. The van der Waals surface area contributed by atoms with Gasteiger partial charge in [0.25, 0.3) is 5.92 Å². The Labute approximate surface area is 301 Å². The zero-order valence-corrected chi connectivity index (χ0v) is 29.1. The van der Waals surface area contributed by atoms with E-state index in [-0.39, 0.29) is 43.5 Å². The number of fused-ring (bicyclic) bond motifs is 4. The summed E-state index contributed by atoms with van der Waals surface area (Å²) in [4.78, 5) is 37.9. The van der Waals surface area contributed by atoms with Crippen molar-refractivity contribution in [3.8, 4) is 11.1 Å². The Hall–Kier alpha value is -5.05. The van der Waals surface area contributed by atoms with Gasteiger partial charge in [-0.2, -0.15) is 0 Å². The molecule has 3 atom stereocenters. The van der Waals surface area contributed by atoms with E-state index < -0.39 is 48.5 Å². The summed E-state index contributed by atoms with van der Waals surface area (Å²) in [5, 5.41) is 6.37. The highest BCUT2D eigenvalue weighted by Crippen LogP contribution is 2.45. The topological polar surface area (TPSA) is 108 Å². The molecule has 52 heavy (non-hydrogen) atoms. The van der Waals surface area contributed by atoms with Crippen LogP contribution in [0.1, 0.15) is 46.1 Å². The van der Waals surface area contributed by atoms with Crippen LogP contribution in [0.3, 0.4) is 0 Å². The number of carbonyl (C=O) groups excluding carboxylic acids is 2. The van der Waals surface area contributed by atoms with E-state index in [1.54, 1.807) is 31.5 Å². The number of benzene rings is 3. The second-order valence-corrected chi connectivity index (χ2v) is 14.0. The number of hydrogen-bond donors (Lipinski definition) is 2. The first-order valence-corrected chi connectivity index (χ1v) is 17.9. The van der Waals surface area contributed by atoms with Crippen LogP contribution in [0.25, 0.3) is 11.1 Å². The van der Waals surface area contributed by atoms with Gasteiger partial charge in [-0.05, 0) is 53.3 Å². The third-order valence-corrected chi connectivity index (χ3v) is 11.0. The van der Waals surface area contributed by atoms with Crippen LogP contribution in [-0.2, 0) is 14.3 Å². The molecule has 3 aromatic carbocycles. The Morgan fingerprint density at radius 2 is 1.71 bits per heavy atom. The molecule has 0 spiro atoms. The monoisotopic (exact) mass is 728 g/mol. The number of thiazole rings is 1. The molecule has 1 amide bonds. The molecule has 8 rings (SSSR count). The summed E-state index contributed by atoms with van der Waals surface area (Å²) in [5.41, 5.74) is 8.10. The summed E-state index contributed by atoms with van der Waals surface area (Å²) in [6.45, 7) is 2.50. The Morgan fingerprint density at radius 3 is 2.40 bits per heavy atom. The lowest BCUT2D eigenvalue weighted by atomic mass is 9.92. The third kappa shape index (κ3) is 5.84. The number of likely N-dealkylation sites (tertiary alicyclic amines) is 1. The molecule has 14 heteroatoms. The van der Waals surface area contributed by atoms with Gasteiger partial charge >= 0.3 is 12.1 Å². The van der Waals surface area contributed by atoms with Crippen molar-refractivity contribution in [1.29, 1.82) is 0 Å². The van der Waals surface area contributed by atoms with Crippen molar-refractivity contribution in [3.63, 3.8) is 0 Å². The van der Waals surface area contributed by atoms with Crippen molar-refractivity contribution < 1.29 is 32.2 Å². The number of rotatable bonds is 8. The maximum atomic E-state index is 16.0. The van der Waals surface area contributed by atoms with Gasteiger partial charge in [0.05, 0.1) is 24.8 Å². The predicted molar refractivity (Wildman–Crippen MR) is 188 cm³/mol. The van der Waals surface area contributed by atoms with Gasteiger partial charge in [-0.25, -0.2) is 38.2 Å². The number of ether oxygens (including phenoxy) is 2. The largest absolute Gasteiger partial charge is 0.463 e. The second kappa shape index (κ2) is 13.5. The fraction of sp³-hybridized carbons (Fsp3) is 0.316. The molecular weight excluding hydrogens is 694 g/mol. The molecule has 0 bridgehead atoms. The van der Waals surface area contributed by atoms with E-state index in [0.29, 0.717) is 22.0 Å². The summed E-state index contributed by atoms with van der Waals surface area (Å²) in [5.74, 6) is -4.42. The van der Waals surface area contributed by atoms with Crippen molar-refractivity contribution in [2.45, 2.75) is 43.8 Å². The van der Waals surface area contributed by atoms with Crippen LogP contribution in [0.5, 0.6) is 0 Å². The van der Waals surface area contributed by atoms with Crippen LogP contribution >= 0.6 is 11.3 Å². The van der Waals surface area contributed by atoms with Gasteiger partial charge in [-0.15, -0.1) is 11.3 Å². The summed E-state index contributed by atoms with van der Waals surface area (Å²) >= 11 is 1.30. The van der Waals surface area contributed by atoms with E-state index in [9.17, 15) is 14.0 Å². The maximum Gasteiger partial charge on any atom is 0.424 e. The number of hydrogen-bond acceptors (Lipinski definition) is 10. The van der Waals surface area contributed by atoms with Gasteiger partial charge in [-0.3, -0.25) is 9.89 Å². The lowest BCUT2D eigenvalue weighted by Gasteiger charge is -2.31. The quantitative estimate of drug-likeness (QED) is 0.214. The van der Waals surface area contributed by atoms with Gasteiger partial charge in [-0.1, -0.05) is 60.7 Å². The molecular formula is C38H35F3N6O4S. The Bertz CT molecular complexity index is 2060. The van der Waals surface area contributed by atoms with Crippen molar-refractivity contribution in [1.82, 2.24) is 25.6 Å². The molecule has 2 saturated heterocycles. The highest BCUT2D eigenvalue weighted by molar-refractivity contribution is 7.11. The normalized spacial score (nSPS) is 22.1. The number of alkyl halides is 2. The van der Waals surface area contributed by atoms with Crippen LogP contribution in [0, 0.1) is 12.7 Å². The lowest BCUT2D eigenvalue weighted by molar-refractivity contribution is -0.139. The van der Waals surface area contributed by atoms with Crippen molar-refractivity contribution in [2.24, 2.45) is 4.99 Å². The summed E-state index contributed by atoms with van der Waals surface area (Å²) < 4.78 is 58.1. The number of halogens is 3. The molecule has 4 aliphatic rings. The predicted octanol–water partition coefficient (Wildman–Crippen LogP) is 5.96. The molecule has 2 N–H and O–H groups in total. The molecule has 4 aromatic rings. The highest BCUT2D eigenvalue weighted by atomic mass is 32.1. The molecule has 268 valence electrons. The molecule has 1 aliphatic carbocycles. The smallest absolute Gasteiger partial charge is 0.424 e. The van der Waals surface area contributed by atoms with Crippen LogP contribution in [-0.4, -0.2) is 83.6 Å². The van der Waals surface area contributed by atoms with Gasteiger partial charge in [0, 0.05) is 36.3 Å². The number of amides is 1. The van der Waals surface area contributed by atoms with Crippen molar-refractivity contribution in [3.05, 3.63) is 123 Å². The Morgan fingerprint density at radius 1 is 1.00 bits per heavy atom. The molecule has 2 fully saturated rings. The first-order chi connectivity index (χ1) is 25.2. The van der Waals surface area contributed by atoms with E-state index in [2.05, 4.69) is 15.7 Å². The number of carbonyl (C=O) groups is 2. The SMILES string of the molecule is CCOC(=O)C1=C(CN2CC(F)(F)[C@H]3C2CNN3C(=O)OCC2c3ccccc3-c3ccccc32)NC(c2nccs2)=N[C@H]1c1cccc(F)c1C. The van der Waals surface area contributed by atoms with Crippen LogP contribution in [0.15, 0.2) is 94.6 Å². The lowest BCUT2D eigenvalue weighted by Crippen LogP contribution is -2.51. The maximum absolute atomic E-state index is 16.0. The zero-order chi connectivity index (χ0) is 36.1. The summed E-state index contributed by atoms with van der Waals surface area (Å²) in [6.07, 6.45) is 0.711. The molecule has 10 nitrogen and oxygen atoms in total. The van der Waals surface area contributed by atoms with Crippen molar-refractivity contribution in [2.75, 3.05) is 32.8 Å². The van der Waals surface area contributed by atoms with Crippen LogP contribution < -0.4 is 10.7 Å². The zero-order valence-electron chi connectivity index (χ0n) is 28.3. The van der Waals surface area contributed by atoms with E-state index in [0.717, 1.165) is 27.3 Å². The van der Waals surface area contributed by atoms with Gasteiger partial charge in [0.1, 0.15) is 24.5 Å². The average molecular weight is 729 g/mol. The number of nitrogens with one attached hydrogen (secondary N) is 2. The number of nitrogens with zero attached hydrogens (tertiary/aromatic N) is 4. The highest BCUT2D eigenvalue weighted by Gasteiger charge is 2.61. The molecule has 0 radical (unpaired) electrons.